The van der Waals surface area contributed by atoms with E-state index in [4.69, 9.17) is 5.73 Å². The third kappa shape index (κ3) is 3.69. The van der Waals surface area contributed by atoms with Gasteiger partial charge in [0.25, 0.3) is 5.91 Å². The molecule has 1 aliphatic heterocycles. The summed E-state index contributed by atoms with van der Waals surface area (Å²) in [6.45, 7) is 2.16. The maximum Gasteiger partial charge on any atom is 0.255 e. The number of benzene rings is 2. The van der Waals surface area contributed by atoms with Crippen LogP contribution >= 0.6 is 0 Å². The van der Waals surface area contributed by atoms with Gasteiger partial charge >= 0.3 is 0 Å². The van der Waals surface area contributed by atoms with Gasteiger partial charge in [-0.25, -0.2) is 0 Å². The second kappa shape index (κ2) is 6.89. The van der Waals surface area contributed by atoms with Gasteiger partial charge in [-0.1, -0.05) is 18.2 Å². The molecule has 1 saturated carbocycles. The molecule has 2 aliphatic rings. The largest absolute Gasteiger partial charge is 0.372 e. The molecule has 0 aromatic heterocycles. The van der Waals surface area contributed by atoms with Crippen LogP contribution in [0.2, 0.25) is 0 Å². The van der Waals surface area contributed by atoms with Crippen molar-refractivity contribution in [1.82, 2.24) is 0 Å². The first-order valence-corrected chi connectivity index (χ1v) is 9.22. The lowest BCUT2D eigenvalue weighted by atomic mass is 10.1. The van der Waals surface area contributed by atoms with Gasteiger partial charge in [0.05, 0.1) is 0 Å². The lowest BCUT2D eigenvalue weighted by Gasteiger charge is -2.29. The first kappa shape index (κ1) is 16.2. The van der Waals surface area contributed by atoms with Crippen LogP contribution in [0.3, 0.4) is 0 Å². The third-order valence-electron chi connectivity index (χ3n) is 5.27. The molecule has 0 spiro atoms. The molecule has 1 amide bonds. The number of rotatable bonds is 4. The summed E-state index contributed by atoms with van der Waals surface area (Å²) < 4.78 is 0. The van der Waals surface area contributed by atoms with Gasteiger partial charge in [-0.05, 0) is 61.6 Å². The van der Waals surface area contributed by atoms with Crippen LogP contribution in [-0.4, -0.2) is 25.0 Å². The van der Waals surface area contributed by atoms with Crippen molar-refractivity contribution >= 4 is 17.3 Å². The van der Waals surface area contributed by atoms with Crippen LogP contribution < -0.4 is 16.0 Å². The zero-order chi connectivity index (χ0) is 17.2. The Hall–Kier alpha value is -2.33. The highest BCUT2D eigenvalue weighted by atomic mass is 16.1. The highest BCUT2D eigenvalue weighted by Crippen LogP contribution is 2.39. The highest BCUT2D eigenvalue weighted by Gasteiger charge is 2.34. The van der Waals surface area contributed by atoms with E-state index in [1.807, 2.05) is 30.3 Å². The molecule has 1 aliphatic carbocycles. The minimum absolute atomic E-state index is 0.0604. The van der Waals surface area contributed by atoms with Crippen molar-refractivity contribution in [3.63, 3.8) is 0 Å². The Bertz CT molecular complexity index is 750. The molecule has 25 heavy (non-hydrogen) atoms. The molecule has 0 radical (unpaired) electrons. The molecule has 4 nitrogen and oxygen atoms in total. The molecule has 4 rings (SSSR count). The molecule has 2 aromatic carbocycles. The second-order valence-corrected chi connectivity index (χ2v) is 7.18. The number of nitrogens with two attached hydrogens (primary N) is 1. The molecule has 3 N–H and O–H groups in total. The van der Waals surface area contributed by atoms with Gasteiger partial charge in [0.1, 0.15) is 0 Å². The van der Waals surface area contributed by atoms with Crippen molar-refractivity contribution in [2.75, 3.05) is 23.3 Å². The highest BCUT2D eigenvalue weighted by molar-refractivity contribution is 6.04. The zero-order valence-corrected chi connectivity index (χ0v) is 14.4. The van der Waals surface area contributed by atoms with E-state index in [0.717, 1.165) is 30.9 Å². The number of hydrogen-bond acceptors (Lipinski definition) is 3. The number of nitrogens with one attached hydrogen (secondary N) is 1. The van der Waals surface area contributed by atoms with E-state index in [2.05, 4.69) is 28.4 Å². The summed E-state index contributed by atoms with van der Waals surface area (Å²) in [5.41, 5.74) is 9.83. The van der Waals surface area contributed by atoms with E-state index in [0.29, 0.717) is 17.5 Å². The first-order chi connectivity index (χ1) is 12.2. The Kier molecular flexibility index (Phi) is 4.45. The first-order valence-electron chi connectivity index (χ1n) is 9.22. The number of carbonyl (C=O) groups excluding carboxylic acids is 1. The van der Waals surface area contributed by atoms with Crippen LogP contribution in [0.25, 0.3) is 0 Å². The molecule has 2 atom stereocenters. The van der Waals surface area contributed by atoms with Crippen LogP contribution in [0, 0.1) is 0 Å². The van der Waals surface area contributed by atoms with Gasteiger partial charge in [-0.15, -0.1) is 0 Å². The van der Waals surface area contributed by atoms with E-state index in [9.17, 15) is 4.79 Å². The third-order valence-corrected chi connectivity index (χ3v) is 5.27. The summed E-state index contributed by atoms with van der Waals surface area (Å²) in [5.74, 6) is 0.431. The molecule has 4 heteroatoms. The summed E-state index contributed by atoms with van der Waals surface area (Å²) >= 11 is 0. The van der Waals surface area contributed by atoms with E-state index >= 15 is 0 Å². The molecule has 1 saturated heterocycles. The number of nitrogens with zero attached hydrogens (tertiary/aromatic N) is 1. The van der Waals surface area contributed by atoms with Crippen molar-refractivity contribution < 1.29 is 4.79 Å². The Balaban J connectivity index is 1.43. The quantitative estimate of drug-likeness (QED) is 0.895. The van der Waals surface area contributed by atoms with Gasteiger partial charge in [0, 0.05) is 42.0 Å². The molecule has 0 bridgehead atoms. The van der Waals surface area contributed by atoms with Gasteiger partial charge in [0.15, 0.2) is 0 Å². The van der Waals surface area contributed by atoms with Gasteiger partial charge in [-0.3, -0.25) is 4.79 Å². The van der Waals surface area contributed by atoms with E-state index < -0.39 is 0 Å². The van der Waals surface area contributed by atoms with Crippen molar-refractivity contribution in [3.8, 4) is 0 Å². The van der Waals surface area contributed by atoms with Crippen LogP contribution in [0.15, 0.2) is 48.5 Å². The fraction of sp³-hybridized carbons (Fsp3) is 0.381. The Labute approximate surface area is 149 Å². The minimum Gasteiger partial charge on any atom is -0.372 e. The number of hydrogen-bond donors (Lipinski definition) is 2. The summed E-state index contributed by atoms with van der Waals surface area (Å²) in [5, 5.41) is 3.00. The van der Waals surface area contributed by atoms with E-state index in [-0.39, 0.29) is 5.91 Å². The molecular weight excluding hydrogens is 310 g/mol. The Morgan fingerprint density at radius 3 is 2.44 bits per heavy atom. The topological polar surface area (TPSA) is 58.4 Å². The van der Waals surface area contributed by atoms with Crippen LogP contribution in [0.1, 0.15) is 47.5 Å². The van der Waals surface area contributed by atoms with Crippen molar-refractivity contribution in [1.29, 1.82) is 0 Å². The summed E-state index contributed by atoms with van der Waals surface area (Å²) in [7, 11) is 0. The Morgan fingerprint density at radius 2 is 1.76 bits per heavy atom. The summed E-state index contributed by atoms with van der Waals surface area (Å²) in [6, 6.07) is 16.3. The summed E-state index contributed by atoms with van der Waals surface area (Å²) in [4.78, 5) is 15.0. The predicted molar refractivity (Wildman–Crippen MR) is 102 cm³/mol. The normalized spacial score (nSPS) is 22.5. The zero-order valence-electron chi connectivity index (χ0n) is 14.4. The maximum atomic E-state index is 12.6. The van der Waals surface area contributed by atoms with Crippen LogP contribution in [-0.2, 0) is 0 Å². The van der Waals surface area contributed by atoms with Gasteiger partial charge < -0.3 is 16.0 Å². The predicted octanol–water partition coefficient (Wildman–Crippen LogP) is 3.74. The van der Waals surface area contributed by atoms with Crippen molar-refractivity contribution in [2.24, 2.45) is 5.73 Å². The monoisotopic (exact) mass is 335 g/mol. The number of carbonyl (C=O) groups is 1. The van der Waals surface area contributed by atoms with Gasteiger partial charge in [0.2, 0.25) is 0 Å². The second-order valence-electron chi connectivity index (χ2n) is 7.18. The molecule has 1 heterocycles. The average molecular weight is 335 g/mol. The van der Waals surface area contributed by atoms with E-state index in [1.54, 1.807) is 0 Å². The molecule has 130 valence electrons. The minimum atomic E-state index is -0.0604. The lowest BCUT2D eigenvalue weighted by Crippen LogP contribution is -2.29. The van der Waals surface area contributed by atoms with E-state index in [1.165, 1.54) is 24.8 Å². The fourth-order valence-electron chi connectivity index (χ4n) is 3.61. The lowest BCUT2D eigenvalue weighted by molar-refractivity contribution is 0.102. The molecule has 0 unspecified atom stereocenters. The smallest absolute Gasteiger partial charge is 0.255 e. The van der Waals surface area contributed by atoms with Gasteiger partial charge in [-0.2, -0.15) is 0 Å². The number of anilines is 2. The fourth-order valence-corrected chi connectivity index (χ4v) is 3.61. The van der Waals surface area contributed by atoms with Crippen LogP contribution in [0.4, 0.5) is 11.4 Å². The Morgan fingerprint density at radius 1 is 1.04 bits per heavy atom. The molecule has 2 aromatic rings. The van der Waals surface area contributed by atoms with Crippen LogP contribution in [0.5, 0.6) is 0 Å². The standard InChI is InChI=1S/C21H25N3O/c22-20-14-19(20)15-7-9-17(10-8-15)23-21(25)16-5-4-6-18(13-16)24-11-2-1-3-12-24/h4-10,13,19-20H,1-3,11-12,14,22H2,(H,23,25)/t19-,20+/m0/s1. The average Bonchev–Trinajstić information content (AvgIpc) is 3.40. The maximum absolute atomic E-state index is 12.6. The van der Waals surface area contributed by atoms with Crippen molar-refractivity contribution in [2.45, 2.75) is 37.6 Å². The number of piperidine rings is 1. The van der Waals surface area contributed by atoms with Crippen molar-refractivity contribution in [3.05, 3.63) is 59.7 Å². The number of amides is 1. The molecule has 2 fully saturated rings. The SMILES string of the molecule is N[C@@H]1C[C@H]1c1ccc(NC(=O)c2cccc(N3CCCCC3)c2)cc1. The summed E-state index contributed by atoms with van der Waals surface area (Å²) in [6.07, 6.45) is 4.83. The molecular formula is C21H25N3O.